The van der Waals surface area contributed by atoms with E-state index in [4.69, 9.17) is 0 Å². The number of nitrogens with zero attached hydrogens (tertiary/aromatic N) is 2. The summed E-state index contributed by atoms with van der Waals surface area (Å²) in [4.78, 5) is 0.760. The second kappa shape index (κ2) is 4.47. The zero-order valence-electron chi connectivity index (χ0n) is 8.62. The van der Waals surface area contributed by atoms with E-state index < -0.39 is 0 Å². The average Bonchev–Trinajstić information content (AvgIpc) is 2.93. The molecule has 1 atom stereocenters. The van der Waals surface area contributed by atoms with Crippen LogP contribution in [0.1, 0.15) is 31.4 Å². The van der Waals surface area contributed by atoms with E-state index in [2.05, 4.69) is 27.1 Å². The van der Waals surface area contributed by atoms with Crippen LogP contribution in [0.25, 0.3) is 0 Å². The van der Waals surface area contributed by atoms with E-state index in [1.165, 1.54) is 31.4 Å². The summed E-state index contributed by atoms with van der Waals surface area (Å²) in [5.74, 6) is 0.974. The molecule has 0 aliphatic heterocycles. The third-order valence-electron chi connectivity index (χ3n) is 2.97. The minimum atomic E-state index is 0.760. The van der Waals surface area contributed by atoms with Gasteiger partial charge < -0.3 is 0 Å². The van der Waals surface area contributed by atoms with Gasteiger partial charge in [0, 0.05) is 23.8 Å². The van der Waals surface area contributed by atoms with Crippen molar-refractivity contribution in [3.05, 3.63) is 18.0 Å². The topological polar surface area (TPSA) is 17.8 Å². The molecule has 0 N–H and O–H groups in total. The third kappa shape index (κ3) is 2.59. The highest BCUT2D eigenvalue weighted by atomic mass is 79.9. The van der Waals surface area contributed by atoms with Crippen LogP contribution in [0.4, 0.5) is 0 Å². The first kappa shape index (κ1) is 10.2. The van der Waals surface area contributed by atoms with Gasteiger partial charge in [-0.1, -0.05) is 15.9 Å². The van der Waals surface area contributed by atoms with Gasteiger partial charge in [0.1, 0.15) is 0 Å². The molecule has 14 heavy (non-hydrogen) atoms. The van der Waals surface area contributed by atoms with Gasteiger partial charge in [-0.3, -0.25) is 4.68 Å². The Bertz CT molecular complexity index is 291. The van der Waals surface area contributed by atoms with Crippen molar-refractivity contribution in [2.75, 3.05) is 0 Å². The second-order valence-corrected chi connectivity index (χ2v) is 5.37. The summed E-state index contributed by atoms with van der Waals surface area (Å²) < 4.78 is 1.97. The Balaban J connectivity index is 1.69. The molecule has 1 fully saturated rings. The molecule has 0 saturated heterocycles. The zero-order chi connectivity index (χ0) is 9.97. The summed E-state index contributed by atoms with van der Waals surface area (Å²) in [6.45, 7) is 0. The van der Waals surface area contributed by atoms with E-state index >= 15 is 0 Å². The normalized spacial score (nSPS) is 18.4. The van der Waals surface area contributed by atoms with Gasteiger partial charge >= 0.3 is 0 Å². The number of hydrogen-bond acceptors (Lipinski definition) is 1. The molecule has 0 radical (unpaired) electrons. The Morgan fingerprint density at radius 3 is 3.00 bits per heavy atom. The van der Waals surface area contributed by atoms with Crippen molar-refractivity contribution in [3.8, 4) is 0 Å². The maximum absolute atomic E-state index is 4.17. The highest BCUT2D eigenvalue weighted by Gasteiger charge is 2.28. The number of aromatic nitrogens is 2. The fourth-order valence-electron chi connectivity index (χ4n) is 1.82. The van der Waals surface area contributed by atoms with Crippen LogP contribution < -0.4 is 0 Å². The molecule has 0 aromatic carbocycles. The minimum Gasteiger partial charge on any atom is -0.273 e. The number of rotatable bonds is 5. The Morgan fingerprint density at radius 2 is 2.43 bits per heavy atom. The van der Waals surface area contributed by atoms with Crippen molar-refractivity contribution in [1.82, 2.24) is 9.78 Å². The van der Waals surface area contributed by atoms with Crippen LogP contribution in [-0.4, -0.2) is 14.6 Å². The van der Waals surface area contributed by atoms with Crippen LogP contribution in [0.5, 0.6) is 0 Å². The molecular formula is C11H17BrN2. The fourth-order valence-corrected chi connectivity index (χ4v) is 2.67. The maximum atomic E-state index is 4.17. The largest absolute Gasteiger partial charge is 0.273 e. The zero-order valence-corrected chi connectivity index (χ0v) is 10.2. The lowest BCUT2D eigenvalue weighted by molar-refractivity contribution is 0.623. The Hall–Kier alpha value is -0.310. The van der Waals surface area contributed by atoms with Gasteiger partial charge in [-0.05, 0) is 44.1 Å². The van der Waals surface area contributed by atoms with Crippen molar-refractivity contribution < 1.29 is 0 Å². The SMILES string of the molecule is Cn1nccc1CCCC(Br)C1CC1. The lowest BCUT2D eigenvalue weighted by atomic mass is 10.1. The summed E-state index contributed by atoms with van der Waals surface area (Å²) in [5.41, 5.74) is 1.35. The minimum absolute atomic E-state index is 0.760. The number of hydrogen-bond donors (Lipinski definition) is 0. The van der Waals surface area contributed by atoms with Crippen molar-refractivity contribution in [3.63, 3.8) is 0 Å². The van der Waals surface area contributed by atoms with Crippen molar-refractivity contribution in [2.45, 2.75) is 36.9 Å². The maximum Gasteiger partial charge on any atom is 0.0492 e. The second-order valence-electron chi connectivity index (χ2n) is 4.19. The Labute approximate surface area is 93.8 Å². The highest BCUT2D eigenvalue weighted by Crippen LogP contribution is 2.38. The van der Waals surface area contributed by atoms with E-state index in [-0.39, 0.29) is 0 Å². The quantitative estimate of drug-likeness (QED) is 0.741. The van der Waals surface area contributed by atoms with Crippen molar-refractivity contribution >= 4 is 15.9 Å². The fraction of sp³-hybridized carbons (Fsp3) is 0.727. The molecular weight excluding hydrogens is 240 g/mol. The van der Waals surface area contributed by atoms with Gasteiger partial charge in [0.25, 0.3) is 0 Å². The third-order valence-corrected chi connectivity index (χ3v) is 4.17. The molecule has 1 saturated carbocycles. The van der Waals surface area contributed by atoms with E-state index in [0.717, 1.165) is 17.2 Å². The van der Waals surface area contributed by atoms with Crippen LogP contribution >= 0.6 is 15.9 Å². The summed E-state index contributed by atoms with van der Waals surface area (Å²) >= 11 is 3.77. The highest BCUT2D eigenvalue weighted by molar-refractivity contribution is 9.09. The van der Waals surface area contributed by atoms with Gasteiger partial charge in [-0.25, -0.2) is 0 Å². The standard InChI is InChI=1S/C11H17BrN2/c1-14-10(7-8-13-14)3-2-4-11(12)9-5-6-9/h7-9,11H,2-6H2,1H3. The van der Waals surface area contributed by atoms with E-state index in [0.29, 0.717) is 0 Å². The molecule has 2 rings (SSSR count). The number of halogens is 1. The molecule has 3 heteroatoms. The van der Waals surface area contributed by atoms with Crippen LogP contribution in [0.15, 0.2) is 12.3 Å². The molecule has 1 aliphatic carbocycles. The van der Waals surface area contributed by atoms with Gasteiger partial charge in [-0.2, -0.15) is 5.10 Å². The first-order chi connectivity index (χ1) is 6.77. The first-order valence-corrected chi connectivity index (χ1v) is 6.30. The molecule has 1 aromatic heterocycles. The molecule has 1 aliphatic rings. The first-order valence-electron chi connectivity index (χ1n) is 5.38. The van der Waals surface area contributed by atoms with Crippen LogP contribution in [0, 0.1) is 5.92 Å². The van der Waals surface area contributed by atoms with E-state index in [1.54, 1.807) is 0 Å². The lowest BCUT2D eigenvalue weighted by Gasteiger charge is -2.07. The van der Waals surface area contributed by atoms with Crippen molar-refractivity contribution in [1.29, 1.82) is 0 Å². The van der Waals surface area contributed by atoms with E-state index in [9.17, 15) is 0 Å². The molecule has 0 spiro atoms. The lowest BCUT2D eigenvalue weighted by Crippen LogP contribution is -2.03. The summed E-state index contributed by atoms with van der Waals surface area (Å²) in [7, 11) is 2.02. The van der Waals surface area contributed by atoms with E-state index in [1.807, 2.05) is 17.9 Å². The van der Waals surface area contributed by atoms with Gasteiger partial charge in [0.15, 0.2) is 0 Å². The van der Waals surface area contributed by atoms with Crippen LogP contribution in [-0.2, 0) is 13.5 Å². The molecule has 1 unspecified atom stereocenters. The number of alkyl halides is 1. The molecule has 78 valence electrons. The van der Waals surface area contributed by atoms with Gasteiger partial charge in [0.05, 0.1) is 0 Å². The Morgan fingerprint density at radius 1 is 1.64 bits per heavy atom. The smallest absolute Gasteiger partial charge is 0.0492 e. The van der Waals surface area contributed by atoms with Gasteiger partial charge in [-0.15, -0.1) is 0 Å². The monoisotopic (exact) mass is 256 g/mol. The Kier molecular flexibility index (Phi) is 3.26. The number of aryl methyl sites for hydroxylation is 2. The van der Waals surface area contributed by atoms with Crippen molar-refractivity contribution in [2.24, 2.45) is 13.0 Å². The molecule has 2 nitrogen and oxygen atoms in total. The predicted molar refractivity (Wildman–Crippen MR) is 61.6 cm³/mol. The van der Waals surface area contributed by atoms with Crippen LogP contribution in [0.3, 0.4) is 0 Å². The molecule has 0 amide bonds. The molecule has 1 heterocycles. The molecule has 0 bridgehead atoms. The summed E-state index contributed by atoms with van der Waals surface area (Å²) in [5, 5.41) is 4.17. The van der Waals surface area contributed by atoms with Crippen LogP contribution in [0.2, 0.25) is 0 Å². The van der Waals surface area contributed by atoms with Gasteiger partial charge in [0.2, 0.25) is 0 Å². The summed E-state index contributed by atoms with van der Waals surface area (Å²) in [6, 6.07) is 2.11. The predicted octanol–water partition coefficient (Wildman–Crippen LogP) is 2.92. The summed E-state index contributed by atoms with van der Waals surface area (Å²) in [6.07, 6.45) is 8.47. The average molecular weight is 257 g/mol. The molecule has 1 aromatic rings.